The minimum atomic E-state index is -0.468. The van der Waals surface area contributed by atoms with Crippen LogP contribution in [0.15, 0.2) is 39.9 Å². The van der Waals surface area contributed by atoms with Crippen molar-refractivity contribution < 1.29 is 18.8 Å². The number of hydrogen-bond donors (Lipinski definition) is 0. The van der Waals surface area contributed by atoms with Crippen LogP contribution in [0.3, 0.4) is 0 Å². The van der Waals surface area contributed by atoms with E-state index in [4.69, 9.17) is 26.1 Å². The maximum absolute atomic E-state index is 11.5. The van der Waals surface area contributed by atoms with Gasteiger partial charge in [-0.15, -0.1) is 0 Å². The quantitative estimate of drug-likeness (QED) is 0.212. The molecule has 0 atom stereocenters. The van der Waals surface area contributed by atoms with Crippen LogP contribution in [0.5, 0.6) is 5.75 Å². The fraction of sp³-hybridized carbons (Fsp3) is 0.381. The van der Waals surface area contributed by atoms with Gasteiger partial charge in [-0.2, -0.15) is 14.9 Å². The molecule has 0 saturated carbocycles. The minimum absolute atomic E-state index is 0.105. The summed E-state index contributed by atoms with van der Waals surface area (Å²) in [7, 11) is 1.46. The van der Waals surface area contributed by atoms with Crippen molar-refractivity contribution in [3.05, 3.63) is 56.8 Å². The van der Waals surface area contributed by atoms with Crippen LogP contribution in [0.25, 0.3) is 11.3 Å². The largest absolute Gasteiger partial charge is 0.497 e. The second-order valence-electron chi connectivity index (χ2n) is 7.32. The molecule has 2 aromatic heterocycles. The lowest BCUT2D eigenvalue weighted by atomic mass is 10.1. The van der Waals surface area contributed by atoms with Crippen LogP contribution in [0.2, 0.25) is 0 Å². The lowest BCUT2D eigenvalue weighted by Crippen LogP contribution is -2.37. The van der Waals surface area contributed by atoms with Gasteiger partial charge in [-0.05, 0) is 36.5 Å². The first kappa shape index (κ1) is 22.8. The standard InChI is InChI=1S/C21H24N6O5S/c1-3-20-23-25(14-24-8-10-31-11-9-24)21(33)26(20)22-13-16-5-7-19(32-16)17-6-4-15(30-2)12-18(17)27(28)29/h4-7,12-13H,3,8-11,14H2,1-2H3/b22-13+. The molecule has 0 unspecified atom stereocenters. The van der Waals surface area contributed by atoms with Crippen LogP contribution >= 0.6 is 12.2 Å². The van der Waals surface area contributed by atoms with Crippen molar-refractivity contribution in [3.63, 3.8) is 0 Å². The van der Waals surface area contributed by atoms with Gasteiger partial charge in [0.2, 0.25) is 4.77 Å². The number of nitro benzene ring substituents is 1. The monoisotopic (exact) mass is 472 g/mol. The average molecular weight is 473 g/mol. The van der Waals surface area contributed by atoms with Gasteiger partial charge in [0.05, 0.1) is 49.8 Å². The Labute approximate surface area is 195 Å². The molecule has 11 nitrogen and oxygen atoms in total. The molecule has 0 spiro atoms. The molecule has 33 heavy (non-hydrogen) atoms. The minimum Gasteiger partial charge on any atom is -0.497 e. The van der Waals surface area contributed by atoms with Crippen molar-refractivity contribution in [1.29, 1.82) is 0 Å². The highest BCUT2D eigenvalue weighted by molar-refractivity contribution is 7.71. The second kappa shape index (κ2) is 10.1. The van der Waals surface area contributed by atoms with E-state index in [0.29, 0.717) is 53.9 Å². The summed E-state index contributed by atoms with van der Waals surface area (Å²) in [6.45, 7) is 5.60. The molecule has 4 rings (SSSR count). The van der Waals surface area contributed by atoms with Crippen LogP contribution in [-0.2, 0) is 17.8 Å². The molecule has 1 aliphatic rings. The van der Waals surface area contributed by atoms with E-state index in [1.807, 2.05) is 6.92 Å². The predicted molar refractivity (Wildman–Crippen MR) is 123 cm³/mol. The topological polar surface area (TPSA) is 113 Å². The van der Waals surface area contributed by atoms with Crippen LogP contribution in [0.1, 0.15) is 18.5 Å². The zero-order valence-corrected chi connectivity index (χ0v) is 19.2. The van der Waals surface area contributed by atoms with E-state index in [1.54, 1.807) is 33.6 Å². The average Bonchev–Trinajstić information content (AvgIpc) is 3.42. The summed E-state index contributed by atoms with van der Waals surface area (Å²) in [5, 5.41) is 20.5. The van der Waals surface area contributed by atoms with Crippen LogP contribution in [-0.4, -0.2) is 63.9 Å². The molecule has 1 fully saturated rings. The Hall–Kier alpha value is -3.35. The molecule has 174 valence electrons. The summed E-state index contributed by atoms with van der Waals surface area (Å²) >= 11 is 5.59. The Morgan fingerprint density at radius 2 is 2.09 bits per heavy atom. The van der Waals surface area contributed by atoms with Gasteiger partial charge >= 0.3 is 0 Å². The predicted octanol–water partition coefficient (Wildman–Crippen LogP) is 3.33. The molecular weight excluding hydrogens is 448 g/mol. The van der Waals surface area contributed by atoms with Crippen molar-refractivity contribution in [2.75, 3.05) is 33.4 Å². The fourth-order valence-corrected chi connectivity index (χ4v) is 3.74. The number of hydrogen-bond acceptors (Lipinski definition) is 9. The SMILES string of the molecule is CCc1nn(CN2CCOCC2)c(=S)n1/N=C/c1ccc(-c2ccc(OC)cc2[N+](=O)[O-])o1. The lowest BCUT2D eigenvalue weighted by Gasteiger charge is -2.25. The van der Waals surface area contributed by atoms with Gasteiger partial charge in [0, 0.05) is 19.5 Å². The van der Waals surface area contributed by atoms with Crippen LogP contribution < -0.4 is 4.74 Å². The van der Waals surface area contributed by atoms with Crippen molar-refractivity contribution in [1.82, 2.24) is 19.4 Å². The van der Waals surface area contributed by atoms with Gasteiger partial charge in [0.1, 0.15) is 17.3 Å². The zero-order chi connectivity index (χ0) is 23.4. The number of furan rings is 1. The summed E-state index contributed by atoms with van der Waals surface area (Å²) < 4.78 is 20.1. The molecular formula is C21H24N6O5S. The van der Waals surface area contributed by atoms with Crippen LogP contribution in [0.4, 0.5) is 5.69 Å². The highest BCUT2D eigenvalue weighted by atomic mass is 32.1. The third kappa shape index (κ3) is 5.02. The molecule has 0 aliphatic carbocycles. The molecule has 3 heterocycles. The maximum atomic E-state index is 11.5. The lowest BCUT2D eigenvalue weighted by molar-refractivity contribution is -0.384. The summed E-state index contributed by atoms with van der Waals surface area (Å²) in [5.74, 6) is 1.91. The molecule has 0 N–H and O–H groups in total. The first-order chi connectivity index (χ1) is 16.0. The Kier molecular flexibility index (Phi) is 6.96. The third-order valence-electron chi connectivity index (χ3n) is 5.23. The van der Waals surface area contributed by atoms with Gasteiger partial charge in [0.25, 0.3) is 5.69 Å². The Morgan fingerprint density at radius 3 is 2.79 bits per heavy atom. The number of aryl methyl sites for hydroxylation is 1. The number of rotatable bonds is 8. The van der Waals surface area contributed by atoms with E-state index in [9.17, 15) is 10.1 Å². The molecule has 3 aromatic rings. The van der Waals surface area contributed by atoms with Crippen molar-refractivity contribution in [2.45, 2.75) is 20.0 Å². The smallest absolute Gasteiger partial charge is 0.284 e. The molecule has 12 heteroatoms. The van der Waals surface area contributed by atoms with Gasteiger partial charge in [-0.3, -0.25) is 15.0 Å². The van der Waals surface area contributed by atoms with Crippen molar-refractivity contribution in [3.8, 4) is 17.1 Å². The highest BCUT2D eigenvalue weighted by Gasteiger charge is 2.19. The van der Waals surface area contributed by atoms with E-state index in [1.165, 1.54) is 19.4 Å². The Bertz CT molecular complexity index is 1220. The summed E-state index contributed by atoms with van der Waals surface area (Å²) in [6, 6.07) is 7.96. The number of aromatic nitrogens is 3. The maximum Gasteiger partial charge on any atom is 0.284 e. The highest BCUT2D eigenvalue weighted by Crippen LogP contribution is 2.33. The number of benzene rings is 1. The summed E-state index contributed by atoms with van der Waals surface area (Å²) in [5.41, 5.74) is 0.247. The first-order valence-electron chi connectivity index (χ1n) is 10.5. The van der Waals surface area contributed by atoms with Gasteiger partial charge < -0.3 is 13.9 Å². The van der Waals surface area contributed by atoms with E-state index in [-0.39, 0.29) is 5.69 Å². The van der Waals surface area contributed by atoms with Gasteiger partial charge in [-0.1, -0.05) is 6.92 Å². The summed E-state index contributed by atoms with van der Waals surface area (Å²) in [6.07, 6.45) is 2.17. The number of methoxy groups -OCH3 is 1. The Morgan fingerprint density at radius 1 is 1.30 bits per heavy atom. The van der Waals surface area contributed by atoms with E-state index >= 15 is 0 Å². The molecule has 1 saturated heterocycles. The van der Waals surface area contributed by atoms with Crippen molar-refractivity contribution >= 4 is 24.1 Å². The van der Waals surface area contributed by atoms with Gasteiger partial charge in [-0.25, -0.2) is 4.68 Å². The number of nitrogens with zero attached hydrogens (tertiary/aromatic N) is 6. The second-order valence-corrected chi connectivity index (χ2v) is 7.69. The third-order valence-corrected chi connectivity index (χ3v) is 5.61. The Balaban J connectivity index is 1.57. The van der Waals surface area contributed by atoms with E-state index in [2.05, 4.69) is 15.1 Å². The molecule has 0 amide bonds. The van der Waals surface area contributed by atoms with Gasteiger partial charge in [0.15, 0.2) is 5.82 Å². The molecule has 1 aliphatic heterocycles. The molecule has 0 bridgehead atoms. The molecule has 1 aromatic carbocycles. The molecule has 0 radical (unpaired) electrons. The fourth-order valence-electron chi connectivity index (χ4n) is 3.48. The normalized spacial score (nSPS) is 14.7. The van der Waals surface area contributed by atoms with E-state index < -0.39 is 4.92 Å². The van der Waals surface area contributed by atoms with Crippen LogP contribution in [0, 0.1) is 14.9 Å². The number of nitro groups is 1. The summed E-state index contributed by atoms with van der Waals surface area (Å²) in [4.78, 5) is 13.2. The zero-order valence-electron chi connectivity index (χ0n) is 18.3. The number of ether oxygens (including phenoxy) is 2. The van der Waals surface area contributed by atoms with E-state index in [0.717, 1.165) is 18.9 Å². The van der Waals surface area contributed by atoms with Crippen molar-refractivity contribution in [2.24, 2.45) is 5.10 Å². The first-order valence-corrected chi connectivity index (χ1v) is 10.9. The number of morpholine rings is 1.